The first-order chi connectivity index (χ1) is 11.4. The van der Waals surface area contributed by atoms with Crippen molar-refractivity contribution in [3.05, 3.63) is 53.2 Å². The Morgan fingerprint density at radius 2 is 1.81 bits per heavy atom. The van der Waals surface area contributed by atoms with E-state index in [4.69, 9.17) is 0 Å². The fraction of sp³-hybridized carbons (Fsp3) is 0.545. The summed E-state index contributed by atoms with van der Waals surface area (Å²) >= 11 is -1.63. The molecule has 0 amide bonds. The van der Waals surface area contributed by atoms with Crippen molar-refractivity contribution in [2.75, 3.05) is 0 Å². The number of halogens is 2. The standard InChI is InChI=1S/C11H15.C9H13.C2H7Si.2ClH.Zr/c1-2-3-4-5-8-11-9-6-7-10-11;1-6-5-7(2)9(4)8(6)3;1-3-2;;;/h5,8-10H,2-4,6H2,1H3;6H,1-4H3;3H,1-2H3;2*1H;. The molecule has 0 nitrogen and oxygen atoms in total. The van der Waals surface area contributed by atoms with E-state index in [-0.39, 0.29) is 24.8 Å². The Morgan fingerprint density at radius 3 is 2.31 bits per heavy atom. The van der Waals surface area contributed by atoms with E-state index in [1.807, 2.05) is 6.56 Å². The Labute approximate surface area is 183 Å². The summed E-state index contributed by atoms with van der Waals surface area (Å²) in [4.78, 5) is 0. The largest absolute Gasteiger partial charge is 0.147 e. The molecule has 147 valence electrons. The minimum atomic E-state index is -1.63. The van der Waals surface area contributed by atoms with E-state index in [0.717, 1.165) is 5.92 Å². The van der Waals surface area contributed by atoms with Gasteiger partial charge in [-0.05, 0) is 0 Å². The van der Waals surface area contributed by atoms with Gasteiger partial charge in [0, 0.05) is 0 Å². The normalized spacial score (nSPS) is 19.8. The number of allylic oxidation sites excluding steroid dienone is 10. The van der Waals surface area contributed by atoms with Crippen molar-refractivity contribution in [3.63, 3.8) is 0 Å². The summed E-state index contributed by atoms with van der Waals surface area (Å²) < 4.78 is 3.81. The Kier molecular flexibility index (Phi) is 12.2. The van der Waals surface area contributed by atoms with E-state index in [0.29, 0.717) is 0 Å². The van der Waals surface area contributed by atoms with E-state index in [2.05, 4.69) is 72.0 Å². The van der Waals surface area contributed by atoms with Crippen LogP contribution in [0.5, 0.6) is 0 Å². The molecule has 0 aromatic rings. The zero-order valence-electron chi connectivity index (χ0n) is 17.6. The Balaban J connectivity index is 0.00000312. The molecule has 0 N–H and O–H groups in total. The average Bonchev–Trinajstić information content (AvgIpc) is 3.07. The van der Waals surface area contributed by atoms with Crippen molar-refractivity contribution in [2.24, 2.45) is 5.92 Å². The third-order valence-corrected chi connectivity index (χ3v) is 25.5. The predicted octanol–water partition coefficient (Wildman–Crippen LogP) is 7.65. The number of unbranched alkanes of at least 4 members (excludes halogenated alkanes) is 2. The molecule has 0 spiro atoms. The third-order valence-electron chi connectivity index (χ3n) is 5.79. The molecule has 1 unspecified atom stereocenters. The Hall–Kier alpha value is 0.380. The molecule has 1 atom stereocenters. The zero-order chi connectivity index (χ0) is 17.9. The van der Waals surface area contributed by atoms with E-state index in [1.54, 1.807) is 16.7 Å². The van der Waals surface area contributed by atoms with Crippen LogP contribution in [-0.4, -0.2) is 5.92 Å². The third kappa shape index (κ3) is 5.94. The Morgan fingerprint density at radius 1 is 1.15 bits per heavy atom. The molecule has 2 aliphatic carbocycles. The summed E-state index contributed by atoms with van der Waals surface area (Å²) in [6, 6.07) is 0. The molecule has 0 aromatic carbocycles. The van der Waals surface area contributed by atoms with Gasteiger partial charge >= 0.3 is 159 Å². The molecule has 0 aromatic heterocycles. The number of hydrogen-bond donors (Lipinski definition) is 0. The molecule has 0 radical (unpaired) electrons. The molecular formula is C22H37Cl2SiZr. The zero-order valence-corrected chi connectivity index (χ0v) is 22.9. The van der Waals surface area contributed by atoms with Crippen LogP contribution in [0.25, 0.3) is 0 Å². The summed E-state index contributed by atoms with van der Waals surface area (Å²) in [7, 11) is 0. The first-order valence-corrected chi connectivity index (χ1v) is 19.3. The van der Waals surface area contributed by atoms with Gasteiger partial charge in [-0.1, -0.05) is 0 Å². The minimum absolute atomic E-state index is 0. The van der Waals surface area contributed by atoms with E-state index < -0.39 is 26.8 Å². The van der Waals surface area contributed by atoms with Crippen LogP contribution in [0.15, 0.2) is 53.2 Å². The Bertz CT molecular complexity index is 639. The summed E-state index contributed by atoms with van der Waals surface area (Å²) in [5, 5.41) is 0. The summed E-state index contributed by atoms with van der Waals surface area (Å²) in [6.07, 6.45) is 14.9. The fourth-order valence-corrected chi connectivity index (χ4v) is 25.0. The second-order valence-corrected chi connectivity index (χ2v) is 26.9. The van der Waals surface area contributed by atoms with Crippen LogP contribution in [0.4, 0.5) is 0 Å². The topological polar surface area (TPSA) is 0 Å². The van der Waals surface area contributed by atoms with Crippen LogP contribution in [0.3, 0.4) is 0 Å². The van der Waals surface area contributed by atoms with Gasteiger partial charge in [-0.2, -0.15) is 0 Å². The molecule has 26 heavy (non-hydrogen) atoms. The maximum Gasteiger partial charge on any atom is -0.147 e. The fourth-order valence-electron chi connectivity index (χ4n) is 4.05. The van der Waals surface area contributed by atoms with Crippen molar-refractivity contribution < 1.29 is 20.9 Å². The van der Waals surface area contributed by atoms with Gasteiger partial charge in [0.05, 0.1) is 0 Å². The molecule has 0 saturated heterocycles. The molecule has 4 heteroatoms. The van der Waals surface area contributed by atoms with Crippen LogP contribution in [0.1, 0.15) is 60.3 Å². The van der Waals surface area contributed by atoms with Crippen molar-refractivity contribution in [2.45, 2.75) is 73.4 Å². The summed E-state index contributed by atoms with van der Waals surface area (Å²) in [5.74, 6) is 0.119. The second kappa shape index (κ2) is 12.1. The van der Waals surface area contributed by atoms with Crippen LogP contribution in [-0.2, 0) is 20.9 Å². The number of hydrogen-bond acceptors (Lipinski definition) is 0. The van der Waals surface area contributed by atoms with Crippen LogP contribution in [0.2, 0.25) is 13.1 Å². The van der Waals surface area contributed by atoms with Gasteiger partial charge in [-0.3, -0.25) is 0 Å². The smallest absolute Gasteiger partial charge is 0.147 e. The predicted molar refractivity (Wildman–Crippen MR) is 123 cm³/mol. The van der Waals surface area contributed by atoms with Crippen molar-refractivity contribution >= 4 is 30.7 Å². The van der Waals surface area contributed by atoms with Crippen LogP contribution >= 0.6 is 24.8 Å². The van der Waals surface area contributed by atoms with Gasteiger partial charge < -0.3 is 0 Å². The maximum atomic E-state index is 2.61. The van der Waals surface area contributed by atoms with Crippen LogP contribution < -0.4 is 0 Å². The van der Waals surface area contributed by atoms with E-state index in [9.17, 15) is 0 Å². The van der Waals surface area contributed by atoms with Crippen molar-refractivity contribution in [1.82, 2.24) is 0 Å². The maximum absolute atomic E-state index is 2.61. The van der Waals surface area contributed by atoms with Gasteiger partial charge in [-0.25, -0.2) is 0 Å². The van der Waals surface area contributed by atoms with Crippen molar-refractivity contribution in [1.29, 1.82) is 0 Å². The average molecular weight is 492 g/mol. The molecule has 2 aliphatic rings. The monoisotopic (exact) mass is 489 g/mol. The van der Waals surface area contributed by atoms with E-state index >= 15 is 0 Å². The van der Waals surface area contributed by atoms with Gasteiger partial charge in [0.1, 0.15) is 0 Å². The molecule has 0 fully saturated rings. The summed E-state index contributed by atoms with van der Waals surface area (Å²) in [6.45, 7) is 17.1. The second-order valence-electron chi connectivity index (χ2n) is 7.76. The molecule has 2 rings (SSSR count). The van der Waals surface area contributed by atoms with E-state index in [1.165, 1.54) is 31.3 Å². The number of rotatable bonds is 7. The van der Waals surface area contributed by atoms with Gasteiger partial charge in [0.15, 0.2) is 0 Å². The summed E-state index contributed by atoms with van der Waals surface area (Å²) in [5.41, 5.74) is 6.39. The molecule has 0 aliphatic heterocycles. The van der Waals surface area contributed by atoms with Crippen LogP contribution in [0, 0.1) is 5.92 Å². The first kappa shape index (κ1) is 26.4. The molecular weight excluding hydrogens is 454 g/mol. The first-order valence-electron chi connectivity index (χ1n) is 9.71. The van der Waals surface area contributed by atoms with Crippen molar-refractivity contribution in [3.8, 4) is 0 Å². The molecule has 0 heterocycles. The molecule has 0 bridgehead atoms. The minimum Gasteiger partial charge on any atom is -0.147 e. The quantitative estimate of drug-likeness (QED) is 0.253. The van der Waals surface area contributed by atoms with Gasteiger partial charge in [0.25, 0.3) is 0 Å². The van der Waals surface area contributed by atoms with Gasteiger partial charge in [-0.15, -0.1) is 24.8 Å². The van der Waals surface area contributed by atoms with Gasteiger partial charge in [0.2, 0.25) is 0 Å². The SMILES string of the molecule is CCCCC=CC1=CC[C]([Zr]([C]2=C(C)C(C)=C(C)C2C)[SiH](C)C)=C1.Cl.Cl. The molecule has 0 saturated carbocycles.